The van der Waals surface area contributed by atoms with E-state index in [1.54, 1.807) is 0 Å². The fourth-order valence-corrected chi connectivity index (χ4v) is 9.16. The van der Waals surface area contributed by atoms with Gasteiger partial charge in [0.1, 0.15) is 84.3 Å². The lowest BCUT2D eigenvalue weighted by Crippen LogP contribution is -2.55. The van der Waals surface area contributed by atoms with Crippen molar-refractivity contribution < 1.29 is 0 Å². The van der Waals surface area contributed by atoms with Gasteiger partial charge in [-0.3, -0.25) is 4.57 Å². The molecule has 286 valence electrons. The SMILES string of the molecule is [B]c1c([B])c([B])c(-c2c3ccccc3c(-c3c([B])c([B])c([B])c([B])c3[B])c3cc(-c4ccc(-c5nc(-c6ccccc6)c(-c6ccccc6)n5-c5ccc(C#N)cc5)cc4)ccc23)c([B])c1[B]. The third-order valence-electron chi connectivity index (χ3n) is 12.6. The minimum Gasteiger partial charge on any atom is -0.292 e. The molecular weight excluding hydrogens is 799 g/mol. The van der Waals surface area contributed by atoms with Crippen molar-refractivity contribution in [3.8, 4) is 79.0 Å². The molecule has 9 aromatic carbocycles. The molecule has 0 spiro atoms. The maximum atomic E-state index is 9.67. The second kappa shape index (κ2) is 17.3. The Morgan fingerprint density at radius 2 is 0.776 bits per heavy atom. The van der Waals surface area contributed by atoms with Gasteiger partial charge in [0.05, 0.1) is 23.0 Å². The van der Waals surface area contributed by atoms with Crippen LogP contribution in [0.15, 0.2) is 152 Å². The van der Waals surface area contributed by atoms with Gasteiger partial charge in [-0.15, -0.1) is 32.8 Å². The number of rotatable bonds is 7. The first kappa shape index (κ1) is 43.7. The molecule has 1 heterocycles. The van der Waals surface area contributed by atoms with E-state index < -0.39 is 0 Å². The molecule has 0 saturated heterocycles. The van der Waals surface area contributed by atoms with E-state index in [-0.39, 0.29) is 54.6 Å². The lowest BCUT2D eigenvalue weighted by Gasteiger charge is -2.27. The van der Waals surface area contributed by atoms with Crippen LogP contribution in [0.3, 0.4) is 0 Å². The average molecular weight is 824 g/mol. The number of benzene rings is 9. The average Bonchev–Trinajstić information content (AvgIpc) is 3.78. The summed E-state index contributed by atoms with van der Waals surface area (Å²) in [6.07, 6.45) is 0. The Hall–Kier alpha value is -7.15. The van der Waals surface area contributed by atoms with Crippen molar-refractivity contribution in [1.82, 2.24) is 9.55 Å². The summed E-state index contributed by atoms with van der Waals surface area (Å²) in [6, 6.07) is 52.1. The Morgan fingerprint density at radius 1 is 0.358 bits per heavy atom. The molecule has 13 heteroatoms. The Kier molecular flexibility index (Phi) is 11.3. The van der Waals surface area contributed by atoms with Crippen molar-refractivity contribution in [2.45, 2.75) is 0 Å². The van der Waals surface area contributed by atoms with Crippen LogP contribution in [0.5, 0.6) is 0 Å². The number of hydrogen-bond donors (Lipinski definition) is 0. The number of imidazole rings is 1. The summed E-state index contributed by atoms with van der Waals surface area (Å²) in [4.78, 5) is 5.37. The zero-order valence-corrected chi connectivity index (χ0v) is 36.0. The first-order valence-electron chi connectivity index (χ1n) is 21.3. The standard InChI is InChI=1S/C54H25B10N3/c55-42-40(43(56)47(60)50(63)46(42)59)38-34-13-7-8-14-35(34)39(41-44(57)48(61)51(64)49(62)45(41)58)37-25-32(21-24-36(37)38)28-17-19-31(20-18-28)54-66-52(29-9-3-1-4-10-29)53(30-11-5-2-6-12-30)67(54)33-22-15-27(26-65)16-23-33/h1-25H. The fraction of sp³-hybridized carbons (Fsp3) is 0. The van der Waals surface area contributed by atoms with Gasteiger partial charge in [-0.05, 0) is 85.3 Å². The summed E-state index contributed by atoms with van der Waals surface area (Å²) in [5.74, 6) is 0.715. The summed E-state index contributed by atoms with van der Waals surface area (Å²) in [5.41, 5.74) is 11.3. The van der Waals surface area contributed by atoms with Gasteiger partial charge in [0.2, 0.25) is 0 Å². The summed E-state index contributed by atoms with van der Waals surface area (Å²) in [6.45, 7) is 0. The van der Waals surface area contributed by atoms with E-state index in [4.69, 9.17) is 83.4 Å². The van der Waals surface area contributed by atoms with Crippen LogP contribution in [0.25, 0.3) is 94.5 Å². The number of aromatic nitrogens is 2. The first-order chi connectivity index (χ1) is 32.4. The number of nitriles is 1. The molecule has 10 rings (SSSR count). The fourth-order valence-electron chi connectivity index (χ4n) is 9.16. The molecule has 0 saturated carbocycles. The minimum absolute atomic E-state index is 0.102. The minimum atomic E-state index is 0.102. The van der Waals surface area contributed by atoms with Crippen LogP contribution in [-0.2, 0) is 0 Å². The van der Waals surface area contributed by atoms with Crippen molar-refractivity contribution in [2.24, 2.45) is 0 Å². The van der Waals surface area contributed by atoms with E-state index in [2.05, 4.69) is 65.2 Å². The molecule has 0 atom stereocenters. The summed E-state index contributed by atoms with van der Waals surface area (Å²) in [7, 11) is 65.9. The zero-order valence-electron chi connectivity index (χ0n) is 36.0. The summed E-state index contributed by atoms with van der Waals surface area (Å²) >= 11 is 0. The molecule has 0 fully saturated rings. The Balaban J connectivity index is 1.23. The smallest absolute Gasteiger partial charge is 0.145 e. The van der Waals surface area contributed by atoms with E-state index in [0.717, 1.165) is 66.4 Å². The predicted octanol–water partition coefficient (Wildman–Crippen LogP) is 1.99. The molecular formula is C54H25B10N3. The van der Waals surface area contributed by atoms with Gasteiger partial charge < -0.3 is 0 Å². The van der Waals surface area contributed by atoms with Crippen LogP contribution in [0, 0.1) is 11.3 Å². The highest BCUT2D eigenvalue weighted by molar-refractivity contribution is 6.70. The molecule has 0 bridgehead atoms. The first-order valence-corrected chi connectivity index (χ1v) is 21.3. The highest BCUT2D eigenvalue weighted by Crippen LogP contribution is 2.44. The molecule has 0 aliphatic heterocycles. The van der Waals surface area contributed by atoms with Crippen molar-refractivity contribution in [1.29, 1.82) is 5.26 Å². The molecule has 0 aliphatic rings. The van der Waals surface area contributed by atoms with Crippen LogP contribution >= 0.6 is 0 Å². The Morgan fingerprint density at radius 3 is 1.28 bits per heavy atom. The molecule has 20 radical (unpaired) electrons. The van der Waals surface area contributed by atoms with Crippen LogP contribution in [0.1, 0.15) is 5.56 Å². The number of hydrogen-bond acceptors (Lipinski definition) is 2. The van der Waals surface area contributed by atoms with E-state index in [1.807, 2.05) is 97.1 Å². The topological polar surface area (TPSA) is 41.6 Å². The summed E-state index contributed by atoms with van der Waals surface area (Å²) in [5, 5.41) is 12.6. The molecule has 0 unspecified atom stereocenters. The van der Waals surface area contributed by atoms with Gasteiger partial charge in [-0.25, -0.2) is 4.98 Å². The maximum absolute atomic E-state index is 9.67. The third kappa shape index (κ3) is 7.17. The lowest BCUT2D eigenvalue weighted by molar-refractivity contribution is 1.07. The van der Waals surface area contributed by atoms with Crippen molar-refractivity contribution in [3.63, 3.8) is 0 Å². The molecule has 3 nitrogen and oxygen atoms in total. The highest BCUT2D eigenvalue weighted by Gasteiger charge is 2.25. The molecule has 0 N–H and O–H groups in total. The molecule has 0 amide bonds. The van der Waals surface area contributed by atoms with E-state index in [9.17, 15) is 5.26 Å². The van der Waals surface area contributed by atoms with Crippen LogP contribution in [0.2, 0.25) is 0 Å². The molecule has 1 aromatic heterocycles. The third-order valence-corrected chi connectivity index (χ3v) is 12.6. The van der Waals surface area contributed by atoms with Crippen LogP contribution < -0.4 is 54.6 Å². The Bertz CT molecular complexity index is 3620. The van der Waals surface area contributed by atoms with Crippen molar-refractivity contribution >= 4 is 155 Å². The quantitative estimate of drug-likeness (QED) is 0.183. The van der Waals surface area contributed by atoms with Gasteiger partial charge >= 0.3 is 0 Å². The van der Waals surface area contributed by atoms with Gasteiger partial charge in [0.15, 0.2) is 0 Å². The van der Waals surface area contributed by atoms with Gasteiger partial charge in [-0.1, -0.05) is 143 Å². The second-order valence-electron chi connectivity index (χ2n) is 16.4. The zero-order chi connectivity index (χ0) is 46.8. The van der Waals surface area contributed by atoms with E-state index in [0.29, 0.717) is 33.6 Å². The van der Waals surface area contributed by atoms with Gasteiger partial charge in [0, 0.05) is 22.4 Å². The van der Waals surface area contributed by atoms with Crippen molar-refractivity contribution in [3.05, 3.63) is 157 Å². The van der Waals surface area contributed by atoms with E-state index in [1.165, 1.54) is 0 Å². The number of fused-ring (bicyclic) bond motifs is 2. The normalized spacial score (nSPS) is 11.3. The molecule has 10 aromatic rings. The summed E-state index contributed by atoms with van der Waals surface area (Å²) < 4.78 is 2.15. The monoisotopic (exact) mass is 825 g/mol. The highest BCUT2D eigenvalue weighted by atomic mass is 15.1. The molecule has 67 heavy (non-hydrogen) atoms. The molecule has 0 aliphatic carbocycles. The predicted molar refractivity (Wildman–Crippen MR) is 290 cm³/mol. The van der Waals surface area contributed by atoms with Crippen LogP contribution in [0.4, 0.5) is 0 Å². The largest absolute Gasteiger partial charge is 0.292 e. The van der Waals surface area contributed by atoms with Crippen LogP contribution in [-0.4, -0.2) is 88.0 Å². The van der Waals surface area contributed by atoms with Crippen molar-refractivity contribution in [2.75, 3.05) is 0 Å². The lowest BCUT2D eigenvalue weighted by atomic mass is 9.58. The Labute approximate surface area is 403 Å². The van der Waals surface area contributed by atoms with E-state index >= 15 is 0 Å². The van der Waals surface area contributed by atoms with Gasteiger partial charge in [-0.2, -0.15) is 5.26 Å². The second-order valence-corrected chi connectivity index (χ2v) is 16.4. The number of nitrogens with zero attached hydrogens (tertiary/aromatic N) is 3. The van der Waals surface area contributed by atoms with Gasteiger partial charge in [0.25, 0.3) is 0 Å². The maximum Gasteiger partial charge on any atom is 0.145 e.